The van der Waals surface area contributed by atoms with Gasteiger partial charge in [0.05, 0.1) is 5.92 Å². The third-order valence-electron chi connectivity index (χ3n) is 4.49. The van der Waals surface area contributed by atoms with E-state index in [0.29, 0.717) is 18.1 Å². The Kier molecular flexibility index (Phi) is 5.81. The van der Waals surface area contributed by atoms with Gasteiger partial charge in [-0.15, -0.1) is 0 Å². The molecule has 2 aromatic rings. The minimum Gasteiger partial charge on any atom is -0.355 e. The molecule has 0 spiro atoms. The minimum absolute atomic E-state index is 0.0579. The first-order valence-corrected chi connectivity index (χ1v) is 9.97. The number of benzene rings is 2. The van der Waals surface area contributed by atoms with E-state index in [1.165, 1.54) is 5.56 Å². The second kappa shape index (κ2) is 8.25. The molecule has 1 amide bonds. The molecule has 0 aromatic heterocycles. The maximum atomic E-state index is 12.5. The molecule has 0 unspecified atom stereocenters. The Morgan fingerprint density at radius 1 is 1.08 bits per heavy atom. The summed E-state index contributed by atoms with van der Waals surface area (Å²) >= 11 is 0. The second-order valence-electron chi connectivity index (χ2n) is 6.21. The van der Waals surface area contributed by atoms with Crippen LogP contribution in [0, 0.1) is 0 Å². The predicted molar refractivity (Wildman–Crippen MR) is 98.3 cm³/mol. The Morgan fingerprint density at radius 3 is 2.67 bits per heavy atom. The number of aryl methyl sites for hydroxylation is 1. The normalized spacial score (nSPS) is 17.8. The number of hydrogen-bond acceptors (Lipinski definition) is 2. The molecule has 1 aliphatic carbocycles. The third kappa shape index (κ3) is 4.32. The van der Waals surface area contributed by atoms with E-state index in [-0.39, 0.29) is 11.8 Å². The van der Waals surface area contributed by atoms with Crippen LogP contribution in [0.1, 0.15) is 35.4 Å². The van der Waals surface area contributed by atoms with Crippen molar-refractivity contribution in [3.05, 3.63) is 71.3 Å². The molecule has 126 valence electrons. The van der Waals surface area contributed by atoms with E-state index in [0.717, 1.165) is 30.4 Å². The highest BCUT2D eigenvalue weighted by Crippen LogP contribution is 2.31. The fourth-order valence-corrected chi connectivity index (χ4v) is 4.31. The van der Waals surface area contributed by atoms with Crippen molar-refractivity contribution in [3.63, 3.8) is 0 Å². The fraction of sp³-hybridized carbons (Fsp3) is 0.350. The van der Waals surface area contributed by atoms with Crippen LogP contribution in [0.5, 0.6) is 0 Å². The van der Waals surface area contributed by atoms with Crippen molar-refractivity contribution in [3.8, 4) is 0 Å². The monoisotopic (exact) mass is 341 g/mol. The van der Waals surface area contributed by atoms with Gasteiger partial charge >= 0.3 is 0 Å². The van der Waals surface area contributed by atoms with Crippen LogP contribution in [0.2, 0.25) is 0 Å². The summed E-state index contributed by atoms with van der Waals surface area (Å²) in [4.78, 5) is 12.5. The first kappa shape index (κ1) is 16.9. The van der Waals surface area contributed by atoms with Crippen LogP contribution in [0.4, 0.5) is 0 Å². The average molecular weight is 341 g/mol. The van der Waals surface area contributed by atoms with E-state index < -0.39 is 10.8 Å². The van der Waals surface area contributed by atoms with Crippen molar-refractivity contribution in [2.24, 2.45) is 0 Å². The predicted octanol–water partition coefficient (Wildman–Crippen LogP) is 3.17. The van der Waals surface area contributed by atoms with Gasteiger partial charge < -0.3 is 5.32 Å². The van der Waals surface area contributed by atoms with E-state index in [1.54, 1.807) is 0 Å². The SMILES string of the molecule is O=C(NCC[S@](=O)Cc1ccccc1)[C@H]1CCCc2ccccc21. The van der Waals surface area contributed by atoms with Gasteiger partial charge in [0.25, 0.3) is 0 Å². The molecule has 3 rings (SSSR count). The Balaban J connectivity index is 1.49. The molecule has 2 atom stereocenters. The smallest absolute Gasteiger partial charge is 0.227 e. The summed E-state index contributed by atoms with van der Waals surface area (Å²) in [6.07, 6.45) is 3.01. The van der Waals surface area contributed by atoms with Gasteiger partial charge in [0, 0.05) is 28.9 Å². The lowest BCUT2D eigenvalue weighted by atomic mass is 9.82. The standard InChI is InChI=1S/C20H23NO2S/c22-20(19-12-6-10-17-9-4-5-11-18(17)19)21-13-14-24(23)15-16-7-2-1-3-8-16/h1-5,7-9,11,19H,6,10,12-15H2,(H,21,22)/t19-,24-/m0/s1. The van der Waals surface area contributed by atoms with Crippen molar-refractivity contribution in [1.82, 2.24) is 5.32 Å². The summed E-state index contributed by atoms with van der Waals surface area (Å²) in [6, 6.07) is 18.0. The molecule has 1 N–H and O–H groups in total. The molecule has 0 radical (unpaired) electrons. The molecule has 0 fully saturated rings. The van der Waals surface area contributed by atoms with Gasteiger partial charge in [0.1, 0.15) is 0 Å². The molecular formula is C20H23NO2S. The highest BCUT2D eigenvalue weighted by Gasteiger charge is 2.25. The van der Waals surface area contributed by atoms with Crippen LogP contribution < -0.4 is 5.32 Å². The van der Waals surface area contributed by atoms with Crippen LogP contribution in [0.3, 0.4) is 0 Å². The lowest BCUT2D eigenvalue weighted by molar-refractivity contribution is -0.122. The van der Waals surface area contributed by atoms with Gasteiger partial charge in [-0.2, -0.15) is 0 Å². The zero-order valence-corrected chi connectivity index (χ0v) is 14.6. The topological polar surface area (TPSA) is 46.2 Å². The van der Waals surface area contributed by atoms with Gasteiger partial charge in [-0.05, 0) is 36.0 Å². The lowest BCUT2D eigenvalue weighted by Gasteiger charge is -2.24. The summed E-state index contributed by atoms with van der Waals surface area (Å²) < 4.78 is 12.1. The molecular weight excluding hydrogens is 318 g/mol. The summed E-state index contributed by atoms with van der Waals surface area (Å²) in [5.74, 6) is 1.05. The van der Waals surface area contributed by atoms with Crippen LogP contribution in [-0.4, -0.2) is 22.4 Å². The Bertz CT molecular complexity index is 715. The number of carbonyl (C=O) groups excluding carboxylic acids is 1. The number of fused-ring (bicyclic) bond motifs is 1. The Morgan fingerprint density at radius 2 is 1.83 bits per heavy atom. The van der Waals surface area contributed by atoms with Gasteiger partial charge in [-0.3, -0.25) is 9.00 Å². The van der Waals surface area contributed by atoms with Crippen molar-refractivity contribution in [2.45, 2.75) is 30.9 Å². The van der Waals surface area contributed by atoms with E-state index in [9.17, 15) is 9.00 Å². The maximum Gasteiger partial charge on any atom is 0.227 e. The van der Waals surface area contributed by atoms with Crippen molar-refractivity contribution < 1.29 is 9.00 Å². The molecule has 2 aromatic carbocycles. The first-order valence-electron chi connectivity index (χ1n) is 8.48. The number of nitrogens with one attached hydrogen (secondary N) is 1. The van der Waals surface area contributed by atoms with Crippen molar-refractivity contribution >= 4 is 16.7 Å². The van der Waals surface area contributed by atoms with Crippen LogP contribution >= 0.6 is 0 Å². The molecule has 0 bridgehead atoms. The van der Waals surface area contributed by atoms with Crippen LogP contribution in [0.15, 0.2) is 54.6 Å². The quantitative estimate of drug-likeness (QED) is 0.877. The summed E-state index contributed by atoms with van der Waals surface area (Å²) in [5, 5.41) is 2.98. The van der Waals surface area contributed by atoms with Crippen molar-refractivity contribution in [2.75, 3.05) is 12.3 Å². The van der Waals surface area contributed by atoms with Gasteiger partial charge in [-0.25, -0.2) is 0 Å². The lowest BCUT2D eigenvalue weighted by Crippen LogP contribution is -2.34. The molecule has 0 aliphatic heterocycles. The van der Waals surface area contributed by atoms with E-state index in [1.807, 2.05) is 42.5 Å². The Labute approximate surface area is 145 Å². The molecule has 1 aliphatic rings. The van der Waals surface area contributed by atoms with Gasteiger partial charge in [-0.1, -0.05) is 54.6 Å². The van der Waals surface area contributed by atoms with E-state index >= 15 is 0 Å². The minimum atomic E-state index is -0.952. The highest BCUT2D eigenvalue weighted by molar-refractivity contribution is 7.84. The molecule has 0 saturated carbocycles. The third-order valence-corrected chi connectivity index (χ3v) is 5.80. The molecule has 0 heterocycles. The summed E-state index contributed by atoms with van der Waals surface area (Å²) in [6.45, 7) is 0.469. The van der Waals surface area contributed by atoms with E-state index in [4.69, 9.17) is 0 Å². The molecule has 4 heteroatoms. The van der Waals surface area contributed by atoms with E-state index in [2.05, 4.69) is 17.4 Å². The molecule has 3 nitrogen and oxygen atoms in total. The summed E-state index contributed by atoms with van der Waals surface area (Å²) in [5.41, 5.74) is 3.52. The Hall–Kier alpha value is -1.94. The highest BCUT2D eigenvalue weighted by atomic mass is 32.2. The molecule has 0 saturated heterocycles. The van der Waals surface area contributed by atoms with Crippen LogP contribution in [0.25, 0.3) is 0 Å². The zero-order valence-electron chi connectivity index (χ0n) is 13.7. The largest absolute Gasteiger partial charge is 0.355 e. The van der Waals surface area contributed by atoms with Gasteiger partial charge in [0.2, 0.25) is 5.91 Å². The second-order valence-corrected chi connectivity index (χ2v) is 7.79. The molecule has 24 heavy (non-hydrogen) atoms. The number of rotatable bonds is 6. The number of carbonyl (C=O) groups is 1. The maximum absolute atomic E-state index is 12.5. The summed E-state index contributed by atoms with van der Waals surface area (Å²) in [7, 11) is -0.952. The zero-order chi connectivity index (χ0) is 16.8. The number of amides is 1. The van der Waals surface area contributed by atoms with Crippen molar-refractivity contribution in [1.29, 1.82) is 0 Å². The number of hydrogen-bond donors (Lipinski definition) is 1. The van der Waals surface area contributed by atoms with Crippen LogP contribution in [-0.2, 0) is 27.8 Å². The van der Waals surface area contributed by atoms with Gasteiger partial charge in [0.15, 0.2) is 0 Å². The fourth-order valence-electron chi connectivity index (χ4n) is 3.27. The average Bonchev–Trinajstić information content (AvgIpc) is 2.62. The first-order chi connectivity index (χ1) is 11.7.